The number of thiophene rings is 1. The SMILES string of the molecule is CN(C)Cc1nc(N2CCN(C(=O)c3ccc(F)cc3)CC2)c2c3c(sc2n1)CCCC3. The number of anilines is 1. The Hall–Kier alpha value is -2.58. The summed E-state index contributed by atoms with van der Waals surface area (Å²) in [5, 5.41) is 1.23. The number of aryl methyl sites for hydroxylation is 2. The molecule has 0 radical (unpaired) electrons. The van der Waals surface area contributed by atoms with Crippen LogP contribution in [0.25, 0.3) is 10.2 Å². The molecule has 168 valence electrons. The van der Waals surface area contributed by atoms with Gasteiger partial charge in [0.2, 0.25) is 0 Å². The molecule has 1 aromatic carbocycles. The van der Waals surface area contributed by atoms with Crippen molar-refractivity contribution in [3.8, 4) is 0 Å². The summed E-state index contributed by atoms with van der Waals surface area (Å²) in [4.78, 5) is 31.6. The lowest BCUT2D eigenvalue weighted by Crippen LogP contribution is -2.49. The second kappa shape index (κ2) is 8.75. The normalized spacial score (nSPS) is 16.6. The molecule has 1 fully saturated rings. The minimum Gasteiger partial charge on any atom is -0.352 e. The molecule has 0 spiro atoms. The number of hydrogen-bond acceptors (Lipinski definition) is 6. The average molecular weight is 454 g/mol. The highest BCUT2D eigenvalue weighted by atomic mass is 32.1. The van der Waals surface area contributed by atoms with E-state index in [1.165, 1.54) is 40.8 Å². The van der Waals surface area contributed by atoms with Crippen LogP contribution >= 0.6 is 11.3 Å². The van der Waals surface area contributed by atoms with Gasteiger partial charge in [0, 0.05) is 36.6 Å². The van der Waals surface area contributed by atoms with Crippen LogP contribution in [0.5, 0.6) is 0 Å². The van der Waals surface area contributed by atoms with Gasteiger partial charge in [-0.3, -0.25) is 4.79 Å². The van der Waals surface area contributed by atoms with Crippen LogP contribution in [0.1, 0.15) is 39.5 Å². The van der Waals surface area contributed by atoms with Crippen molar-refractivity contribution in [1.29, 1.82) is 0 Å². The predicted molar refractivity (Wildman–Crippen MR) is 126 cm³/mol. The van der Waals surface area contributed by atoms with Crippen LogP contribution in [-0.4, -0.2) is 65.9 Å². The number of piperazine rings is 1. The van der Waals surface area contributed by atoms with Gasteiger partial charge >= 0.3 is 0 Å². The fourth-order valence-electron chi connectivity index (χ4n) is 4.66. The molecule has 3 heterocycles. The minimum atomic E-state index is -0.327. The van der Waals surface area contributed by atoms with Gasteiger partial charge in [0.25, 0.3) is 5.91 Å². The summed E-state index contributed by atoms with van der Waals surface area (Å²) in [7, 11) is 4.07. The third-order valence-corrected chi connectivity index (χ3v) is 7.44. The van der Waals surface area contributed by atoms with Gasteiger partial charge < -0.3 is 14.7 Å². The average Bonchev–Trinajstić information content (AvgIpc) is 3.17. The third-order valence-electron chi connectivity index (χ3n) is 6.26. The highest BCUT2D eigenvalue weighted by molar-refractivity contribution is 7.19. The molecule has 32 heavy (non-hydrogen) atoms. The Labute approximate surface area is 191 Å². The minimum absolute atomic E-state index is 0.0429. The van der Waals surface area contributed by atoms with Crippen LogP contribution < -0.4 is 4.90 Å². The molecule has 1 saturated heterocycles. The van der Waals surface area contributed by atoms with Crippen molar-refractivity contribution in [3.05, 3.63) is 51.9 Å². The number of carbonyl (C=O) groups excluding carboxylic acids is 1. The topological polar surface area (TPSA) is 52.6 Å². The van der Waals surface area contributed by atoms with E-state index in [4.69, 9.17) is 9.97 Å². The van der Waals surface area contributed by atoms with Gasteiger partial charge in [0.15, 0.2) is 0 Å². The number of fused-ring (bicyclic) bond motifs is 3. The van der Waals surface area contributed by atoms with E-state index in [2.05, 4.69) is 9.80 Å². The van der Waals surface area contributed by atoms with Crippen LogP contribution in [-0.2, 0) is 19.4 Å². The summed E-state index contributed by atoms with van der Waals surface area (Å²) < 4.78 is 13.2. The monoisotopic (exact) mass is 453 g/mol. The smallest absolute Gasteiger partial charge is 0.253 e. The zero-order valence-corrected chi connectivity index (χ0v) is 19.4. The third kappa shape index (κ3) is 4.09. The lowest BCUT2D eigenvalue weighted by Gasteiger charge is -2.36. The Morgan fingerprint density at radius 2 is 1.78 bits per heavy atom. The van der Waals surface area contributed by atoms with Crippen molar-refractivity contribution in [1.82, 2.24) is 19.8 Å². The highest BCUT2D eigenvalue weighted by Crippen LogP contribution is 2.40. The number of amides is 1. The maximum Gasteiger partial charge on any atom is 0.253 e. The molecule has 1 aliphatic carbocycles. The van der Waals surface area contributed by atoms with Crippen LogP contribution in [0.3, 0.4) is 0 Å². The summed E-state index contributed by atoms with van der Waals surface area (Å²) in [6, 6.07) is 5.80. The number of halogens is 1. The first-order valence-electron chi connectivity index (χ1n) is 11.3. The molecule has 3 aromatic rings. The predicted octanol–water partition coefficient (Wildman–Crippen LogP) is 3.73. The van der Waals surface area contributed by atoms with Gasteiger partial charge in [-0.1, -0.05) is 0 Å². The van der Waals surface area contributed by atoms with Crippen molar-refractivity contribution < 1.29 is 9.18 Å². The fraction of sp³-hybridized carbons (Fsp3) is 0.458. The van der Waals surface area contributed by atoms with Crippen molar-refractivity contribution in [3.63, 3.8) is 0 Å². The molecule has 0 unspecified atom stereocenters. The molecule has 0 atom stereocenters. The Morgan fingerprint density at radius 3 is 2.50 bits per heavy atom. The largest absolute Gasteiger partial charge is 0.352 e. The van der Waals surface area contributed by atoms with Gasteiger partial charge in [-0.2, -0.15) is 0 Å². The molecule has 0 N–H and O–H groups in total. The van der Waals surface area contributed by atoms with Gasteiger partial charge in [-0.05, 0) is 69.6 Å². The summed E-state index contributed by atoms with van der Waals surface area (Å²) in [5.41, 5.74) is 1.97. The lowest BCUT2D eigenvalue weighted by atomic mass is 9.97. The zero-order valence-electron chi connectivity index (χ0n) is 18.6. The van der Waals surface area contributed by atoms with Gasteiger partial charge in [0.05, 0.1) is 11.9 Å². The maximum absolute atomic E-state index is 13.2. The Bertz CT molecular complexity index is 1140. The van der Waals surface area contributed by atoms with E-state index in [1.807, 2.05) is 30.3 Å². The van der Waals surface area contributed by atoms with Crippen LogP contribution in [0.2, 0.25) is 0 Å². The Morgan fingerprint density at radius 1 is 1.06 bits per heavy atom. The van der Waals surface area contributed by atoms with E-state index in [0.29, 0.717) is 25.2 Å². The van der Waals surface area contributed by atoms with Crippen LogP contribution in [0.4, 0.5) is 10.2 Å². The van der Waals surface area contributed by atoms with E-state index in [1.54, 1.807) is 12.1 Å². The Balaban J connectivity index is 1.42. The van der Waals surface area contributed by atoms with Crippen molar-refractivity contribution >= 4 is 33.3 Å². The van der Waals surface area contributed by atoms with Gasteiger partial charge in [-0.15, -0.1) is 11.3 Å². The molecule has 0 bridgehead atoms. The second-order valence-corrected chi connectivity index (χ2v) is 9.96. The summed E-state index contributed by atoms with van der Waals surface area (Å²) in [5.74, 6) is 1.51. The van der Waals surface area contributed by atoms with Crippen molar-refractivity contribution in [2.75, 3.05) is 45.2 Å². The van der Waals surface area contributed by atoms with E-state index < -0.39 is 0 Å². The first-order valence-corrected chi connectivity index (χ1v) is 12.1. The van der Waals surface area contributed by atoms with Crippen LogP contribution in [0, 0.1) is 5.82 Å². The Kier molecular flexibility index (Phi) is 5.82. The first-order chi connectivity index (χ1) is 15.5. The molecule has 1 amide bonds. The zero-order chi connectivity index (χ0) is 22.2. The number of carbonyl (C=O) groups is 1. The molecule has 1 aliphatic heterocycles. The fourth-order valence-corrected chi connectivity index (χ4v) is 5.93. The van der Waals surface area contributed by atoms with E-state index in [-0.39, 0.29) is 11.7 Å². The van der Waals surface area contributed by atoms with Crippen molar-refractivity contribution in [2.45, 2.75) is 32.2 Å². The number of rotatable bonds is 4. The molecule has 8 heteroatoms. The standard InChI is InChI=1S/C24H28FN5OS/c1-28(2)15-20-26-22(21-18-5-3-4-6-19(18)32-23(21)27-20)29-11-13-30(14-12-29)24(31)16-7-9-17(25)10-8-16/h7-10H,3-6,11-15H2,1-2H3. The molecular weight excluding hydrogens is 425 g/mol. The molecule has 5 rings (SSSR count). The molecular formula is C24H28FN5OS. The van der Waals surface area contributed by atoms with Crippen molar-refractivity contribution in [2.24, 2.45) is 0 Å². The lowest BCUT2D eigenvalue weighted by molar-refractivity contribution is 0.0746. The number of benzene rings is 1. The molecule has 0 saturated carbocycles. The van der Waals surface area contributed by atoms with E-state index in [9.17, 15) is 9.18 Å². The quantitative estimate of drug-likeness (QED) is 0.603. The molecule has 6 nitrogen and oxygen atoms in total. The van der Waals surface area contributed by atoms with Gasteiger partial charge in [-0.25, -0.2) is 14.4 Å². The summed E-state index contributed by atoms with van der Waals surface area (Å²) in [6.07, 6.45) is 4.70. The summed E-state index contributed by atoms with van der Waals surface area (Å²) in [6.45, 7) is 3.40. The second-order valence-electron chi connectivity index (χ2n) is 8.88. The highest BCUT2D eigenvalue weighted by Gasteiger charge is 2.28. The van der Waals surface area contributed by atoms with E-state index in [0.717, 1.165) is 42.4 Å². The molecule has 2 aliphatic rings. The van der Waals surface area contributed by atoms with E-state index >= 15 is 0 Å². The van der Waals surface area contributed by atoms with Gasteiger partial charge in [0.1, 0.15) is 22.3 Å². The first kappa shape index (κ1) is 21.3. The summed E-state index contributed by atoms with van der Waals surface area (Å²) >= 11 is 1.83. The maximum atomic E-state index is 13.2. The number of nitrogens with zero attached hydrogens (tertiary/aromatic N) is 5. The number of hydrogen-bond donors (Lipinski definition) is 0. The number of aromatic nitrogens is 2. The molecule has 2 aromatic heterocycles. The van der Waals surface area contributed by atoms with Crippen LogP contribution in [0.15, 0.2) is 24.3 Å².